The Morgan fingerprint density at radius 2 is 1.27 bits per heavy atom. The number of piperazine rings is 1. The molecule has 6 heteroatoms. The molecule has 4 aromatic carbocycles. The Hall–Kier alpha value is -4.86. The van der Waals surface area contributed by atoms with Crippen LogP contribution in [0.5, 0.6) is 5.75 Å². The van der Waals surface area contributed by atoms with Crippen LogP contribution >= 0.6 is 0 Å². The molecule has 198 valence electrons. The Bertz CT molecular complexity index is 1510. The van der Waals surface area contributed by atoms with E-state index in [-0.39, 0.29) is 12.6 Å². The molecule has 5 aromatic rings. The molecule has 2 heterocycles. The highest BCUT2D eigenvalue weighted by molar-refractivity contribution is 5.63. The first kappa shape index (κ1) is 25.4. The molecule has 0 spiro atoms. The lowest BCUT2D eigenvalue weighted by molar-refractivity contribution is 0.208. The summed E-state index contributed by atoms with van der Waals surface area (Å²) in [6, 6.07) is 41.8. The monoisotopic (exact) mass is 526 g/mol. The highest BCUT2D eigenvalue weighted by Gasteiger charge is 2.29. The molecule has 0 amide bonds. The van der Waals surface area contributed by atoms with E-state index >= 15 is 0 Å². The van der Waals surface area contributed by atoms with Crippen molar-refractivity contribution in [1.29, 1.82) is 5.26 Å². The van der Waals surface area contributed by atoms with E-state index in [1.807, 2.05) is 42.5 Å². The maximum Gasteiger partial charge on any atom is 0.236 e. The van der Waals surface area contributed by atoms with Crippen LogP contribution in [0.2, 0.25) is 0 Å². The lowest BCUT2D eigenvalue weighted by atomic mass is 9.96. The summed E-state index contributed by atoms with van der Waals surface area (Å²) >= 11 is 0. The summed E-state index contributed by atoms with van der Waals surface area (Å²) in [6.45, 7) is 3.30. The third-order valence-electron chi connectivity index (χ3n) is 7.28. The Morgan fingerprint density at radius 1 is 0.725 bits per heavy atom. The molecule has 0 unspecified atom stereocenters. The zero-order valence-electron chi connectivity index (χ0n) is 22.2. The number of benzene rings is 4. The number of ether oxygens (including phenoxy) is 1. The summed E-state index contributed by atoms with van der Waals surface area (Å²) in [6.07, 6.45) is 0. The number of rotatable bonds is 8. The van der Waals surface area contributed by atoms with Crippen LogP contribution < -0.4 is 9.64 Å². The third kappa shape index (κ3) is 5.61. The predicted octanol–water partition coefficient (Wildman–Crippen LogP) is 6.70. The minimum atomic E-state index is 0.156. The van der Waals surface area contributed by atoms with Crippen molar-refractivity contribution in [2.75, 3.05) is 31.1 Å². The minimum Gasteiger partial charge on any atom is -0.484 e. The van der Waals surface area contributed by atoms with Gasteiger partial charge in [0.15, 0.2) is 6.61 Å². The molecule has 1 aromatic heterocycles. The van der Waals surface area contributed by atoms with Gasteiger partial charge in [0.2, 0.25) is 17.5 Å². The number of aromatic nitrogens is 1. The summed E-state index contributed by atoms with van der Waals surface area (Å²) in [4.78, 5) is 9.04. The minimum absolute atomic E-state index is 0.156. The molecule has 0 atom stereocenters. The maximum atomic E-state index is 9.77. The Morgan fingerprint density at radius 3 is 1.85 bits per heavy atom. The van der Waals surface area contributed by atoms with Crippen molar-refractivity contribution in [1.82, 2.24) is 9.88 Å². The molecule has 1 saturated heterocycles. The largest absolute Gasteiger partial charge is 0.484 e. The lowest BCUT2D eigenvalue weighted by Crippen LogP contribution is -2.48. The molecule has 40 heavy (non-hydrogen) atoms. The van der Waals surface area contributed by atoms with Gasteiger partial charge in [0.25, 0.3) is 0 Å². The first-order chi connectivity index (χ1) is 19.8. The van der Waals surface area contributed by atoms with E-state index < -0.39 is 0 Å². The van der Waals surface area contributed by atoms with Crippen molar-refractivity contribution in [3.05, 3.63) is 138 Å². The van der Waals surface area contributed by atoms with Crippen LogP contribution in [0.3, 0.4) is 0 Å². The lowest BCUT2D eigenvalue weighted by Gasteiger charge is -2.39. The fraction of sp³-hybridized carbons (Fsp3) is 0.176. The quantitative estimate of drug-likeness (QED) is 0.224. The second kappa shape index (κ2) is 11.9. The van der Waals surface area contributed by atoms with Crippen molar-refractivity contribution in [3.63, 3.8) is 0 Å². The van der Waals surface area contributed by atoms with Crippen LogP contribution in [0.1, 0.15) is 28.8 Å². The van der Waals surface area contributed by atoms with Gasteiger partial charge in [-0.1, -0.05) is 103 Å². The number of nitriles is 1. The molecule has 1 aliphatic heterocycles. The standard InChI is InChI=1S/C34H30N4O2/c35-24-31-34(40-32(36-31)25-39-30-18-16-27(17-19-30)26-10-4-1-5-11-26)38-22-20-37(21-23-38)33(28-12-6-2-7-13-28)29-14-8-3-9-15-29/h1-19,33H,20-23,25H2. The molecule has 0 aliphatic carbocycles. The first-order valence-corrected chi connectivity index (χ1v) is 13.6. The van der Waals surface area contributed by atoms with E-state index in [0.29, 0.717) is 17.5 Å². The summed E-state index contributed by atoms with van der Waals surface area (Å²) in [5.74, 6) is 1.64. The molecule has 6 nitrogen and oxygen atoms in total. The average Bonchev–Trinajstić information content (AvgIpc) is 3.46. The molecular weight excluding hydrogens is 496 g/mol. The van der Waals surface area contributed by atoms with E-state index in [2.05, 4.69) is 93.6 Å². The van der Waals surface area contributed by atoms with E-state index in [0.717, 1.165) is 43.1 Å². The SMILES string of the molecule is N#Cc1nc(COc2ccc(-c3ccccc3)cc2)oc1N1CCN(C(c2ccccc2)c2ccccc2)CC1. The summed E-state index contributed by atoms with van der Waals surface area (Å²) in [7, 11) is 0. The predicted molar refractivity (Wildman–Crippen MR) is 156 cm³/mol. The van der Waals surface area contributed by atoms with Gasteiger partial charge >= 0.3 is 0 Å². The van der Waals surface area contributed by atoms with Gasteiger partial charge in [-0.2, -0.15) is 10.2 Å². The fourth-order valence-corrected chi connectivity index (χ4v) is 5.29. The van der Waals surface area contributed by atoms with Crippen LogP contribution in [-0.4, -0.2) is 36.1 Å². The Balaban J connectivity index is 1.12. The van der Waals surface area contributed by atoms with Gasteiger partial charge in [0.05, 0.1) is 6.04 Å². The van der Waals surface area contributed by atoms with Gasteiger partial charge < -0.3 is 14.1 Å². The molecule has 0 bridgehead atoms. The number of nitrogens with zero attached hydrogens (tertiary/aromatic N) is 4. The zero-order valence-corrected chi connectivity index (χ0v) is 22.2. The van der Waals surface area contributed by atoms with Crippen LogP contribution in [0, 0.1) is 11.3 Å². The Kier molecular flexibility index (Phi) is 7.56. The van der Waals surface area contributed by atoms with E-state index in [4.69, 9.17) is 9.15 Å². The van der Waals surface area contributed by atoms with Gasteiger partial charge in [0, 0.05) is 26.2 Å². The fourth-order valence-electron chi connectivity index (χ4n) is 5.29. The highest BCUT2D eigenvalue weighted by Crippen LogP contribution is 2.31. The first-order valence-electron chi connectivity index (χ1n) is 13.6. The highest BCUT2D eigenvalue weighted by atomic mass is 16.5. The van der Waals surface area contributed by atoms with Gasteiger partial charge in [-0.05, 0) is 34.4 Å². The second-order valence-corrected chi connectivity index (χ2v) is 9.80. The van der Waals surface area contributed by atoms with Crippen LogP contribution in [-0.2, 0) is 6.61 Å². The number of hydrogen-bond acceptors (Lipinski definition) is 6. The summed E-state index contributed by atoms with van der Waals surface area (Å²) in [5.41, 5.74) is 5.13. The van der Waals surface area contributed by atoms with Crippen molar-refractivity contribution < 1.29 is 9.15 Å². The average molecular weight is 527 g/mol. The van der Waals surface area contributed by atoms with Crippen molar-refractivity contribution >= 4 is 5.88 Å². The van der Waals surface area contributed by atoms with Crippen LogP contribution in [0.4, 0.5) is 5.88 Å². The van der Waals surface area contributed by atoms with Gasteiger partial charge in [-0.3, -0.25) is 4.90 Å². The molecule has 0 N–H and O–H groups in total. The second-order valence-electron chi connectivity index (χ2n) is 9.80. The smallest absolute Gasteiger partial charge is 0.236 e. The summed E-state index contributed by atoms with van der Waals surface area (Å²) < 4.78 is 12.0. The van der Waals surface area contributed by atoms with E-state index in [1.165, 1.54) is 11.1 Å². The molecule has 0 saturated carbocycles. The number of hydrogen-bond donors (Lipinski definition) is 0. The van der Waals surface area contributed by atoms with Gasteiger partial charge in [-0.15, -0.1) is 0 Å². The molecule has 1 fully saturated rings. The van der Waals surface area contributed by atoms with Gasteiger partial charge in [-0.25, -0.2) is 0 Å². The zero-order chi connectivity index (χ0) is 27.1. The molecule has 6 rings (SSSR count). The normalized spacial score (nSPS) is 13.8. The molecule has 1 aliphatic rings. The Labute approximate surface area is 234 Å². The van der Waals surface area contributed by atoms with Crippen LogP contribution in [0.25, 0.3) is 11.1 Å². The third-order valence-corrected chi connectivity index (χ3v) is 7.28. The van der Waals surface area contributed by atoms with E-state index in [1.54, 1.807) is 0 Å². The van der Waals surface area contributed by atoms with Crippen molar-refractivity contribution in [2.24, 2.45) is 0 Å². The summed E-state index contributed by atoms with van der Waals surface area (Å²) in [5, 5.41) is 9.77. The van der Waals surface area contributed by atoms with E-state index in [9.17, 15) is 5.26 Å². The number of anilines is 1. The van der Waals surface area contributed by atoms with Gasteiger partial charge in [0.1, 0.15) is 11.8 Å². The maximum absolute atomic E-state index is 9.77. The van der Waals surface area contributed by atoms with Crippen LogP contribution in [0.15, 0.2) is 120 Å². The van der Waals surface area contributed by atoms with Crippen molar-refractivity contribution in [2.45, 2.75) is 12.6 Å². The topological polar surface area (TPSA) is 65.5 Å². The molecule has 0 radical (unpaired) electrons. The van der Waals surface area contributed by atoms with Crippen molar-refractivity contribution in [3.8, 4) is 22.9 Å². The molecular formula is C34H30N4O2. The number of oxazole rings is 1.